The molecule has 0 aliphatic carbocycles. The minimum Gasteiger partial charge on any atom is -0.496 e. The largest absolute Gasteiger partial charge is 0.496 e. The van der Waals surface area contributed by atoms with Crippen LogP contribution in [0.5, 0.6) is 5.75 Å². The van der Waals surface area contributed by atoms with Gasteiger partial charge in [0.2, 0.25) is 0 Å². The van der Waals surface area contributed by atoms with Crippen LogP contribution in [-0.4, -0.2) is 14.2 Å². The summed E-state index contributed by atoms with van der Waals surface area (Å²) in [5.74, 6) is 0.924. The fourth-order valence-electron chi connectivity index (χ4n) is 2.46. The van der Waals surface area contributed by atoms with Crippen LogP contribution < -0.4 is 10.1 Å². The highest BCUT2D eigenvalue weighted by Gasteiger charge is 2.15. The molecule has 0 aliphatic rings. The van der Waals surface area contributed by atoms with Crippen LogP contribution in [0, 0.1) is 6.92 Å². The lowest BCUT2D eigenvalue weighted by atomic mass is 9.95. The van der Waals surface area contributed by atoms with Crippen LogP contribution in [0.3, 0.4) is 0 Å². The van der Waals surface area contributed by atoms with Crippen molar-refractivity contribution in [3.8, 4) is 5.75 Å². The van der Waals surface area contributed by atoms with E-state index in [1.165, 1.54) is 11.1 Å². The molecule has 1 atom stereocenters. The molecule has 2 aromatic carbocycles. The Bertz CT molecular complexity index is 583. The molecule has 0 fully saturated rings. The first-order valence-corrected chi connectivity index (χ1v) is 7.09. The Morgan fingerprint density at radius 3 is 2.60 bits per heavy atom. The van der Waals surface area contributed by atoms with Gasteiger partial charge in [-0.05, 0) is 49.2 Å². The van der Waals surface area contributed by atoms with Gasteiger partial charge < -0.3 is 10.1 Å². The van der Waals surface area contributed by atoms with Gasteiger partial charge in [0, 0.05) is 11.1 Å². The van der Waals surface area contributed by atoms with Crippen molar-refractivity contribution in [3.63, 3.8) is 0 Å². The molecular formula is C17H20ClNO. The molecule has 2 nitrogen and oxygen atoms in total. The lowest BCUT2D eigenvalue weighted by Gasteiger charge is -2.20. The second kappa shape index (κ2) is 6.78. The first-order valence-electron chi connectivity index (χ1n) is 6.71. The number of likely N-dealkylation sites (N-methyl/N-ethyl adjacent to an activating group) is 1. The van der Waals surface area contributed by atoms with Crippen molar-refractivity contribution < 1.29 is 4.74 Å². The number of nitrogens with one attached hydrogen (secondary N) is 1. The number of halogens is 1. The summed E-state index contributed by atoms with van der Waals surface area (Å²) in [7, 11) is 3.68. The van der Waals surface area contributed by atoms with E-state index < -0.39 is 0 Å². The lowest BCUT2D eigenvalue weighted by Crippen LogP contribution is -2.20. The van der Waals surface area contributed by atoms with Gasteiger partial charge in [-0.2, -0.15) is 0 Å². The Balaban J connectivity index is 2.31. The molecule has 2 rings (SSSR count). The number of ether oxygens (including phenoxy) is 1. The number of benzene rings is 2. The van der Waals surface area contributed by atoms with Crippen molar-refractivity contribution in [1.82, 2.24) is 5.32 Å². The van der Waals surface area contributed by atoms with Gasteiger partial charge in [-0.1, -0.05) is 41.9 Å². The fraction of sp³-hybridized carbons (Fsp3) is 0.294. The maximum absolute atomic E-state index is 6.22. The summed E-state index contributed by atoms with van der Waals surface area (Å²) in [5.41, 5.74) is 3.54. The maximum atomic E-state index is 6.22. The summed E-state index contributed by atoms with van der Waals surface area (Å²) in [4.78, 5) is 0. The highest BCUT2D eigenvalue weighted by Crippen LogP contribution is 2.29. The van der Waals surface area contributed by atoms with Crippen molar-refractivity contribution in [3.05, 3.63) is 64.2 Å². The van der Waals surface area contributed by atoms with Gasteiger partial charge in [-0.15, -0.1) is 0 Å². The standard InChI is InChI=1S/C17H20ClNO/c1-12-14(8-6-9-15(12)18)16(19-2)11-13-7-4-5-10-17(13)20-3/h4-10,16,19H,11H2,1-3H3. The van der Waals surface area contributed by atoms with Crippen LogP contribution in [0.2, 0.25) is 5.02 Å². The van der Waals surface area contributed by atoms with E-state index in [2.05, 4.69) is 24.4 Å². The van der Waals surface area contributed by atoms with Crippen molar-refractivity contribution >= 4 is 11.6 Å². The molecular weight excluding hydrogens is 270 g/mol. The number of para-hydroxylation sites is 1. The Hall–Kier alpha value is -1.51. The molecule has 0 aliphatic heterocycles. The summed E-state index contributed by atoms with van der Waals surface area (Å²) in [6.07, 6.45) is 0.863. The minimum atomic E-state index is 0.213. The molecule has 0 saturated carbocycles. The van der Waals surface area contributed by atoms with Gasteiger partial charge in [0.15, 0.2) is 0 Å². The van der Waals surface area contributed by atoms with Crippen LogP contribution in [0.4, 0.5) is 0 Å². The Kier molecular flexibility index (Phi) is 5.05. The average Bonchev–Trinajstić information content (AvgIpc) is 2.48. The molecule has 0 radical (unpaired) electrons. The number of hydrogen-bond acceptors (Lipinski definition) is 2. The molecule has 0 bridgehead atoms. The van der Waals surface area contributed by atoms with Gasteiger partial charge >= 0.3 is 0 Å². The first kappa shape index (κ1) is 14.9. The van der Waals surface area contributed by atoms with Crippen LogP contribution in [-0.2, 0) is 6.42 Å². The van der Waals surface area contributed by atoms with Crippen LogP contribution in [0.1, 0.15) is 22.7 Å². The van der Waals surface area contributed by atoms with E-state index in [-0.39, 0.29) is 6.04 Å². The molecule has 106 valence electrons. The number of methoxy groups -OCH3 is 1. The molecule has 3 heteroatoms. The van der Waals surface area contributed by atoms with Crippen molar-refractivity contribution in [2.24, 2.45) is 0 Å². The predicted molar refractivity (Wildman–Crippen MR) is 84.7 cm³/mol. The minimum absolute atomic E-state index is 0.213. The zero-order chi connectivity index (χ0) is 14.5. The molecule has 0 saturated heterocycles. The SMILES string of the molecule is CNC(Cc1ccccc1OC)c1cccc(Cl)c1C. The van der Waals surface area contributed by atoms with E-state index in [1.807, 2.05) is 37.4 Å². The van der Waals surface area contributed by atoms with Gasteiger partial charge in [0.05, 0.1) is 7.11 Å². The van der Waals surface area contributed by atoms with E-state index in [0.29, 0.717) is 0 Å². The third kappa shape index (κ3) is 3.14. The third-order valence-corrected chi connectivity index (χ3v) is 4.06. The fourth-order valence-corrected chi connectivity index (χ4v) is 2.64. The molecule has 2 aromatic rings. The predicted octanol–water partition coefficient (Wildman–Crippen LogP) is 4.16. The first-order chi connectivity index (χ1) is 9.67. The highest BCUT2D eigenvalue weighted by molar-refractivity contribution is 6.31. The smallest absolute Gasteiger partial charge is 0.122 e. The van der Waals surface area contributed by atoms with Crippen LogP contribution >= 0.6 is 11.6 Å². The van der Waals surface area contributed by atoms with E-state index in [0.717, 1.165) is 22.8 Å². The Labute approximate surface area is 125 Å². The van der Waals surface area contributed by atoms with Gasteiger partial charge in [-0.3, -0.25) is 0 Å². The summed E-state index contributed by atoms with van der Waals surface area (Å²) >= 11 is 6.22. The third-order valence-electron chi connectivity index (χ3n) is 3.65. The molecule has 1 unspecified atom stereocenters. The molecule has 0 amide bonds. The summed E-state index contributed by atoms with van der Waals surface area (Å²) in [5, 5.41) is 4.18. The van der Waals surface area contributed by atoms with Crippen molar-refractivity contribution in [2.75, 3.05) is 14.2 Å². The van der Waals surface area contributed by atoms with Gasteiger partial charge in [0.1, 0.15) is 5.75 Å². The normalized spacial score (nSPS) is 12.2. The van der Waals surface area contributed by atoms with E-state index in [9.17, 15) is 0 Å². The number of rotatable bonds is 5. The number of hydrogen-bond donors (Lipinski definition) is 1. The van der Waals surface area contributed by atoms with E-state index in [1.54, 1.807) is 7.11 Å². The monoisotopic (exact) mass is 289 g/mol. The van der Waals surface area contributed by atoms with Crippen molar-refractivity contribution in [1.29, 1.82) is 0 Å². The maximum Gasteiger partial charge on any atom is 0.122 e. The Morgan fingerprint density at radius 1 is 1.15 bits per heavy atom. The van der Waals surface area contributed by atoms with E-state index >= 15 is 0 Å². The summed E-state index contributed by atoms with van der Waals surface area (Å²) in [6.45, 7) is 2.06. The zero-order valence-corrected chi connectivity index (χ0v) is 12.9. The summed E-state index contributed by atoms with van der Waals surface area (Å²) < 4.78 is 5.43. The van der Waals surface area contributed by atoms with Crippen LogP contribution in [0.25, 0.3) is 0 Å². The van der Waals surface area contributed by atoms with E-state index in [4.69, 9.17) is 16.3 Å². The summed E-state index contributed by atoms with van der Waals surface area (Å²) in [6, 6.07) is 14.4. The zero-order valence-electron chi connectivity index (χ0n) is 12.1. The molecule has 0 aromatic heterocycles. The molecule has 20 heavy (non-hydrogen) atoms. The molecule has 1 N–H and O–H groups in total. The molecule has 0 spiro atoms. The topological polar surface area (TPSA) is 21.3 Å². The average molecular weight is 290 g/mol. The lowest BCUT2D eigenvalue weighted by molar-refractivity contribution is 0.406. The highest BCUT2D eigenvalue weighted by atomic mass is 35.5. The Morgan fingerprint density at radius 2 is 1.90 bits per heavy atom. The van der Waals surface area contributed by atoms with Crippen LogP contribution in [0.15, 0.2) is 42.5 Å². The van der Waals surface area contributed by atoms with Gasteiger partial charge in [0.25, 0.3) is 0 Å². The van der Waals surface area contributed by atoms with Gasteiger partial charge in [-0.25, -0.2) is 0 Å². The quantitative estimate of drug-likeness (QED) is 0.892. The van der Waals surface area contributed by atoms with Crippen molar-refractivity contribution in [2.45, 2.75) is 19.4 Å². The molecule has 0 heterocycles. The second-order valence-corrected chi connectivity index (χ2v) is 5.22. The second-order valence-electron chi connectivity index (χ2n) is 4.81.